The van der Waals surface area contributed by atoms with Gasteiger partial charge in [0.1, 0.15) is 0 Å². The van der Waals surface area contributed by atoms with Crippen LogP contribution in [0.25, 0.3) is 10.9 Å². The number of aryl methyl sites for hydroxylation is 2. The van der Waals surface area contributed by atoms with Crippen LogP contribution in [-0.4, -0.2) is 28.6 Å². The van der Waals surface area contributed by atoms with Crippen molar-refractivity contribution in [2.75, 3.05) is 0 Å². The van der Waals surface area contributed by atoms with Crippen LogP contribution in [-0.2, 0) is 9.53 Å². The molecule has 0 fully saturated rings. The average Bonchev–Trinajstić information content (AvgIpc) is 3.01. The van der Waals surface area contributed by atoms with E-state index in [1.54, 1.807) is 19.1 Å². The Hall–Kier alpha value is -3.21. The normalized spacial score (nSPS) is 12.0. The lowest BCUT2D eigenvalue weighted by Gasteiger charge is -2.12. The van der Waals surface area contributed by atoms with E-state index >= 15 is 0 Å². The molecule has 1 aromatic heterocycles. The number of nitrogens with one attached hydrogen (secondary N) is 1. The molecule has 0 saturated heterocycles. The van der Waals surface area contributed by atoms with E-state index in [0.717, 1.165) is 22.2 Å². The third-order valence-corrected chi connectivity index (χ3v) is 4.75. The quantitative estimate of drug-likeness (QED) is 0.484. The number of aromatic amines is 1. The number of rotatable bonds is 7. The van der Waals surface area contributed by atoms with E-state index in [1.807, 2.05) is 50.2 Å². The molecule has 5 heteroatoms. The Morgan fingerprint density at radius 2 is 1.64 bits per heavy atom. The van der Waals surface area contributed by atoms with Gasteiger partial charge in [0.05, 0.1) is 6.42 Å². The molecule has 0 bridgehead atoms. The van der Waals surface area contributed by atoms with Gasteiger partial charge in [-0.2, -0.15) is 0 Å². The van der Waals surface area contributed by atoms with Gasteiger partial charge in [0.25, 0.3) is 0 Å². The number of H-pyrrole nitrogens is 1. The maximum atomic E-state index is 12.8. The summed E-state index contributed by atoms with van der Waals surface area (Å²) in [6.07, 6.45) is -0.925. The van der Waals surface area contributed by atoms with Crippen molar-refractivity contribution in [2.45, 2.75) is 39.7 Å². The molecule has 5 nitrogen and oxygen atoms in total. The first-order chi connectivity index (χ1) is 13.4. The van der Waals surface area contributed by atoms with Crippen LogP contribution in [0.4, 0.5) is 0 Å². The summed E-state index contributed by atoms with van der Waals surface area (Å²) in [5.74, 6) is -0.935. The topological polar surface area (TPSA) is 76.2 Å². The minimum absolute atomic E-state index is 0.0505. The molecule has 0 spiro atoms. The predicted octanol–water partition coefficient (Wildman–Crippen LogP) is 4.56. The van der Waals surface area contributed by atoms with Crippen LogP contribution in [0.15, 0.2) is 48.5 Å². The molecular formula is C23H23NO4. The lowest BCUT2D eigenvalue weighted by atomic mass is 10.0. The van der Waals surface area contributed by atoms with E-state index in [1.165, 1.54) is 0 Å². The van der Waals surface area contributed by atoms with Crippen LogP contribution in [0, 0.1) is 13.8 Å². The van der Waals surface area contributed by atoms with Gasteiger partial charge in [-0.1, -0.05) is 48.0 Å². The number of ketones is 2. The van der Waals surface area contributed by atoms with Crippen molar-refractivity contribution in [2.24, 2.45) is 0 Å². The van der Waals surface area contributed by atoms with Gasteiger partial charge in [0.2, 0.25) is 5.78 Å². The van der Waals surface area contributed by atoms with Gasteiger partial charge < -0.3 is 9.72 Å². The number of fused-ring (bicyclic) bond motifs is 1. The number of carbonyl (C=O) groups excluding carboxylic acids is 3. The van der Waals surface area contributed by atoms with E-state index in [9.17, 15) is 14.4 Å². The van der Waals surface area contributed by atoms with Crippen molar-refractivity contribution in [3.8, 4) is 0 Å². The Kier molecular flexibility index (Phi) is 5.73. The van der Waals surface area contributed by atoms with Crippen LogP contribution >= 0.6 is 0 Å². The molecule has 144 valence electrons. The Morgan fingerprint density at radius 1 is 0.964 bits per heavy atom. The fourth-order valence-corrected chi connectivity index (χ4v) is 3.21. The van der Waals surface area contributed by atoms with Crippen molar-refractivity contribution in [1.82, 2.24) is 4.98 Å². The maximum absolute atomic E-state index is 12.8. The van der Waals surface area contributed by atoms with E-state index < -0.39 is 12.1 Å². The molecule has 0 aliphatic heterocycles. The molecule has 28 heavy (non-hydrogen) atoms. The van der Waals surface area contributed by atoms with E-state index in [2.05, 4.69) is 4.98 Å². The summed E-state index contributed by atoms with van der Waals surface area (Å²) < 4.78 is 5.29. The first kappa shape index (κ1) is 19.5. The largest absolute Gasteiger partial charge is 0.454 e. The number of esters is 1. The number of benzene rings is 2. The predicted molar refractivity (Wildman–Crippen MR) is 108 cm³/mol. The summed E-state index contributed by atoms with van der Waals surface area (Å²) in [6.45, 7) is 5.32. The highest BCUT2D eigenvalue weighted by Crippen LogP contribution is 2.24. The molecule has 0 aliphatic rings. The summed E-state index contributed by atoms with van der Waals surface area (Å²) >= 11 is 0. The molecule has 1 heterocycles. The number of hydrogen-bond acceptors (Lipinski definition) is 4. The number of carbonyl (C=O) groups is 3. The third kappa shape index (κ3) is 4.19. The van der Waals surface area contributed by atoms with E-state index in [-0.39, 0.29) is 24.4 Å². The molecule has 1 atom stereocenters. The smallest absolute Gasteiger partial charge is 0.306 e. The van der Waals surface area contributed by atoms with Gasteiger partial charge >= 0.3 is 5.97 Å². The molecule has 1 unspecified atom stereocenters. The second kappa shape index (κ2) is 8.21. The lowest BCUT2D eigenvalue weighted by Crippen LogP contribution is -2.25. The zero-order valence-corrected chi connectivity index (χ0v) is 16.2. The summed E-state index contributed by atoms with van der Waals surface area (Å²) in [7, 11) is 0. The van der Waals surface area contributed by atoms with Gasteiger partial charge in [-0.3, -0.25) is 14.4 Å². The Balaban J connectivity index is 1.60. The highest BCUT2D eigenvalue weighted by Gasteiger charge is 2.24. The standard InChI is InChI=1S/C23H23NO4/c1-14-8-10-17(11-9-14)20(25)12-13-21(26)28-16(3)23(27)22-15(2)24-19-7-5-4-6-18(19)22/h4-11,16,24H,12-13H2,1-3H3. The Labute approximate surface area is 163 Å². The van der Waals surface area contributed by atoms with E-state index in [0.29, 0.717) is 11.1 Å². The molecule has 0 amide bonds. The fraction of sp³-hybridized carbons (Fsp3) is 0.261. The molecule has 3 rings (SSSR count). The molecule has 2 aromatic carbocycles. The highest BCUT2D eigenvalue weighted by atomic mass is 16.5. The monoisotopic (exact) mass is 377 g/mol. The number of aromatic nitrogens is 1. The first-order valence-electron chi connectivity index (χ1n) is 9.27. The highest BCUT2D eigenvalue weighted by molar-refractivity contribution is 6.11. The van der Waals surface area contributed by atoms with Crippen LogP contribution in [0.5, 0.6) is 0 Å². The van der Waals surface area contributed by atoms with Crippen molar-refractivity contribution in [3.63, 3.8) is 0 Å². The van der Waals surface area contributed by atoms with Gasteiger partial charge in [-0.25, -0.2) is 0 Å². The molecule has 1 N–H and O–H groups in total. The average molecular weight is 377 g/mol. The van der Waals surface area contributed by atoms with Crippen LogP contribution < -0.4 is 0 Å². The van der Waals surface area contributed by atoms with Gasteiger partial charge in [0.15, 0.2) is 11.9 Å². The second-order valence-corrected chi connectivity index (χ2v) is 6.96. The molecule has 3 aromatic rings. The molecule has 0 aliphatic carbocycles. The zero-order valence-electron chi connectivity index (χ0n) is 16.2. The van der Waals surface area contributed by atoms with Crippen molar-refractivity contribution >= 4 is 28.4 Å². The molecule has 0 saturated carbocycles. The molecule has 0 radical (unpaired) electrons. The minimum Gasteiger partial charge on any atom is -0.454 e. The number of ether oxygens (including phenoxy) is 1. The summed E-state index contributed by atoms with van der Waals surface area (Å²) in [4.78, 5) is 40.3. The van der Waals surface area contributed by atoms with E-state index in [4.69, 9.17) is 4.74 Å². The van der Waals surface area contributed by atoms with Crippen molar-refractivity contribution in [3.05, 3.63) is 70.9 Å². The third-order valence-electron chi connectivity index (χ3n) is 4.75. The Morgan fingerprint density at radius 3 is 2.36 bits per heavy atom. The number of Topliss-reactive ketones (excluding diaryl/α,β-unsaturated/α-hetero) is 2. The first-order valence-corrected chi connectivity index (χ1v) is 9.27. The van der Waals surface area contributed by atoms with Crippen molar-refractivity contribution < 1.29 is 19.1 Å². The number of hydrogen-bond donors (Lipinski definition) is 1. The van der Waals surface area contributed by atoms with Gasteiger partial charge in [0, 0.05) is 34.1 Å². The second-order valence-electron chi connectivity index (χ2n) is 6.96. The fourth-order valence-electron chi connectivity index (χ4n) is 3.21. The number of para-hydroxylation sites is 1. The van der Waals surface area contributed by atoms with Crippen LogP contribution in [0.3, 0.4) is 0 Å². The maximum Gasteiger partial charge on any atom is 0.306 e. The summed E-state index contributed by atoms with van der Waals surface area (Å²) in [5, 5.41) is 0.808. The van der Waals surface area contributed by atoms with Gasteiger partial charge in [-0.05, 0) is 26.8 Å². The van der Waals surface area contributed by atoms with Crippen molar-refractivity contribution in [1.29, 1.82) is 0 Å². The summed E-state index contributed by atoms with van der Waals surface area (Å²) in [5.41, 5.74) is 3.77. The zero-order chi connectivity index (χ0) is 20.3. The summed E-state index contributed by atoms with van der Waals surface area (Å²) in [6, 6.07) is 14.7. The lowest BCUT2D eigenvalue weighted by molar-refractivity contribution is -0.146. The van der Waals surface area contributed by atoms with Crippen LogP contribution in [0.2, 0.25) is 0 Å². The SMILES string of the molecule is Cc1ccc(C(=O)CCC(=O)OC(C)C(=O)c2c(C)[nH]c3ccccc23)cc1. The van der Waals surface area contributed by atoms with Crippen LogP contribution in [0.1, 0.15) is 51.7 Å². The molecular weight excluding hydrogens is 354 g/mol. The Bertz CT molecular complexity index is 1030. The van der Waals surface area contributed by atoms with Gasteiger partial charge in [-0.15, -0.1) is 0 Å². The minimum atomic E-state index is -0.917.